The predicted molar refractivity (Wildman–Crippen MR) is 68.0 cm³/mol. The van der Waals surface area contributed by atoms with Crippen LogP contribution < -0.4 is 10.6 Å². The lowest BCUT2D eigenvalue weighted by Gasteiger charge is -2.26. The molecule has 0 aromatic carbocycles. The second-order valence-corrected chi connectivity index (χ2v) is 4.69. The van der Waals surface area contributed by atoms with Gasteiger partial charge >= 0.3 is 0 Å². The molecule has 1 aliphatic heterocycles. The molecule has 5 heteroatoms. The normalized spacial score (nSPS) is 17.4. The van der Waals surface area contributed by atoms with Crippen LogP contribution in [0.25, 0.3) is 0 Å². The number of morpholine rings is 1. The highest BCUT2D eigenvalue weighted by molar-refractivity contribution is 5.77. The molecule has 1 saturated heterocycles. The van der Waals surface area contributed by atoms with Crippen LogP contribution in [-0.2, 0) is 9.53 Å². The van der Waals surface area contributed by atoms with Gasteiger partial charge in [0, 0.05) is 25.7 Å². The highest BCUT2D eigenvalue weighted by Crippen LogP contribution is 1.97. The zero-order chi connectivity index (χ0) is 12.5. The van der Waals surface area contributed by atoms with Crippen LogP contribution in [0.2, 0.25) is 0 Å². The van der Waals surface area contributed by atoms with Gasteiger partial charge in [-0.05, 0) is 13.0 Å². The Bertz CT molecular complexity index is 216. The molecule has 100 valence electrons. The van der Waals surface area contributed by atoms with Crippen LogP contribution in [0, 0.1) is 0 Å². The monoisotopic (exact) mass is 243 g/mol. The molecule has 0 radical (unpaired) electrons. The Hall–Kier alpha value is -0.650. The van der Waals surface area contributed by atoms with Crippen molar-refractivity contribution in [2.45, 2.75) is 26.3 Å². The van der Waals surface area contributed by atoms with E-state index in [1.165, 1.54) is 0 Å². The minimum absolute atomic E-state index is 0.0840. The zero-order valence-corrected chi connectivity index (χ0v) is 11.0. The molecule has 5 nitrogen and oxygen atoms in total. The highest BCUT2D eigenvalue weighted by Gasteiger charge is 2.09. The summed E-state index contributed by atoms with van der Waals surface area (Å²) in [6.07, 6.45) is 1.01. The van der Waals surface area contributed by atoms with Gasteiger partial charge in [-0.2, -0.15) is 0 Å². The lowest BCUT2D eigenvalue weighted by atomic mass is 10.3. The molecule has 0 unspecified atom stereocenters. The smallest absolute Gasteiger partial charge is 0.233 e. The zero-order valence-electron chi connectivity index (χ0n) is 11.0. The Morgan fingerprint density at radius 3 is 2.71 bits per heavy atom. The first-order valence-electron chi connectivity index (χ1n) is 6.48. The number of hydrogen-bond acceptors (Lipinski definition) is 4. The Balaban J connectivity index is 1.94. The van der Waals surface area contributed by atoms with Crippen LogP contribution in [0.5, 0.6) is 0 Å². The van der Waals surface area contributed by atoms with Gasteiger partial charge in [0.2, 0.25) is 5.91 Å². The number of nitrogens with one attached hydrogen (secondary N) is 2. The van der Waals surface area contributed by atoms with Gasteiger partial charge in [-0.1, -0.05) is 13.8 Å². The van der Waals surface area contributed by atoms with E-state index in [0.717, 1.165) is 45.8 Å². The van der Waals surface area contributed by atoms with Gasteiger partial charge in [-0.15, -0.1) is 0 Å². The summed E-state index contributed by atoms with van der Waals surface area (Å²) in [7, 11) is 0. The Morgan fingerprint density at radius 1 is 1.35 bits per heavy atom. The van der Waals surface area contributed by atoms with E-state index >= 15 is 0 Å². The summed E-state index contributed by atoms with van der Waals surface area (Å²) in [5, 5.41) is 6.01. The van der Waals surface area contributed by atoms with Gasteiger partial charge in [0.05, 0.1) is 19.8 Å². The largest absolute Gasteiger partial charge is 0.379 e. The van der Waals surface area contributed by atoms with Crippen molar-refractivity contribution in [2.75, 3.05) is 45.9 Å². The van der Waals surface area contributed by atoms with Crippen molar-refractivity contribution in [3.63, 3.8) is 0 Å². The summed E-state index contributed by atoms with van der Waals surface area (Å²) in [6.45, 7) is 9.99. The van der Waals surface area contributed by atoms with E-state index in [4.69, 9.17) is 4.74 Å². The SMILES string of the molecule is CC(C)NCC(=O)NCCCN1CCOCC1. The minimum atomic E-state index is 0.0840. The number of rotatable bonds is 7. The number of ether oxygens (including phenoxy) is 1. The van der Waals surface area contributed by atoms with Crippen LogP contribution in [0.15, 0.2) is 0 Å². The molecule has 0 saturated carbocycles. The van der Waals surface area contributed by atoms with Crippen LogP contribution in [0.4, 0.5) is 0 Å². The minimum Gasteiger partial charge on any atom is -0.379 e. The summed E-state index contributed by atoms with van der Waals surface area (Å²) < 4.78 is 5.28. The third-order valence-corrected chi connectivity index (χ3v) is 2.75. The second-order valence-electron chi connectivity index (χ2n) is 4.69. The molecular formula is C12H25N3O2. The first-order chi connectivity index (χ1) is 8.18. The maximum absolute atomic E-state index is 11.4. The highest BCUT2D eigenvalue weighted by atomic mass is 16.5. The fourth-order valence-corrected chi connectivity index (χ4v) is 1.71. The van der Waals surface area contributed by atoms with Crippen molar-refractivity contribution >= 4 is 5.91 Å². The number of hydrogen-bond donors (Lipinski definition) is 2. The Kier molecular flexibility index (Phi) is 7.16. The van der Waals surface area contributed by atoms with E-state index in [0.29, 0.717) is 12.6 Å². The summed E-state index contributed by atoms with van der Waals surface area (Å²) in [6, 6.07) is 0.356. The van der Waals surface area contributed by atoms with Gasteiger partial charge in [0.1, 0.15) is 0 Å². The van der Waals surface area contributed by atoms with E-state index in [1.54, 1.807) is 0 Å². The molecule has 0 aliphatic carbocycles. The average Bonchev–Trinajstić information content (AvgIpc) is 2.33. The number of nitrogens with zero attached hydrogens (tertiary/aromatic N) is 1. The summed E-state index contributed by atoms with van der Waals surface area (Å²) in [5.74, 6) is 0.0840. The lowest BCUT2D eigenvalue weighted by molar-refractivity contribution is -0.120. The molecule has 1 aliphatic rings. The Labute approximate surface area is 104 Å². The fraction of sp³-hybridized carbons (Fsp3) is 0.917. The molecule has 0 atom stereocenters. The molecule has 0 aromatic rings. The summed E-state index contributed by atoms with van der Waals surface area (Å²) >= 11 is 0. The number of carbonyl (C=O) groups excluding carboxylic acids is 1. The standard InChI is InChI=1S/C12H25N3O2/c1-11(2)14-10-12(16)13-4-3-5-15-6-8-17-9-7-15/h11,14H,3-10H2,1-2H3,(H,13,16). The van der Waals surface area contributed by atoms with Crippen molar-refractivity contribution in [3.05, 3.63) is 0 Å². The van der Waals surface area contributed by atoms with Crippen LogP contribution in [-0.4, -0.2) is 62.8 Å². The predicted octanol–water partition coefficient (Wildman–Crippen LogP) is -0.177. The molecule has 2 N–H and O–H groups in total. The van der Waals surface area contributed by atoms with Crippen LogP contribution >= 0.6 is 0 Å². The molecular weight excluding hydrogens is 218 g/mol. The molecule has 1 rings (SSSR count). The second kappa shape index (κ2) is 8.44. The van der Waals surface area contributed by atoms with E-state index in [1.807, 2.05) is 13.8 Å². The van der Waals surface area contributed by atoms with Crippen molar-refractivity contribution in [2.24, 2.45) is 0 Å². The maximum atomic E-state index is 11.4. The molecule has 1 amide bonds. The molecule has 0 aromatic heterocycles. The quantitative estimate of drug-likeness (QED) is 0.609. The first-order valence-corrected chi connectivity index (χ1v) is 6.48. The third kappa shape index (κ3) is 7.31. The van der Waals surface area contributed by atoms with Crippen molar-refractivity contribution in [3.8, 4) is 0 Å². The van der Waals surface area contributed by atoms with Crippen LogP contribution in [0.3, 0.4) is 0 Å². The Morgan fingerprint density at radius 2 is 2.06 bits per heavy atom. The van der Waals surface area contributed by atoms with E-state index < -0.39 is 0 Å². The van der Waals surface area contributed by atoms with E-state index in [-0.39, 0.29) is 5.91 Å². The van der Waals surface area contributed by atoms with Crippen molar-refractivity contribution in [1.82, 2.24) is 15.5 Å². The molecule has 0 bridgehead atoms. The van der Waals surface area contributed by atoms with Crippen molar-refractivity contribution in [1.29, 1.82) is 0 Å². The fourth-order valence-electron chi connectivity index (χ4n) is 1.71. The topological polar surface area (TPSA) is 53.6 Å². The summed E-state index contributed by atoms with van der Waals surface area (Å²) in [5.41, 5.74) is 0. The average molecular weight is 243 g/mol. The third-order valence-electron chi connectivity index (χ3n) is 2.75. The van der Waals surface area contributed by atoms with E-state index in [2.05, 4.69) is 15.5 Å². The van der Waals surface area contributed by atoms with Gasteiger partial charge in [-0.3, -0.25) is 9.69 Å². The van der Waals surface area contributed by atoms with E-state index in [9.17, 15) is 4.79 Å². The van der Waals surface area contributed by atoms with Gasteiger partial charge in [0.25, 0.3) is 0 Å². The number of carbonyl (C=O) groups is 1. The molecule has 1 fully saturated rings. The van der Waals surface area contributed by atoms with Crippen LogP contribution in [0.1, 0.15) is 20.3 Å². The van der Waals surface area contributed by atoms with Gasteiger partial charge in [-0.25, -0.2) is 0 Å². The van der Waals surface area contributed by atoms with Crippen molar-refractivity contribution < 1.29 is 9.53 Å². The summed E-state index contributed by atoms with van der Waals surface area (Å²) in [4.78, 5) is 13.8. The van der Waals surface area contributed by atoms with Gasteiger partial charge < -0.3 is 15.4 Å². The molecule has 1 heterocycles. The maximum Gasteiger partial charge on any atom is 0.233 e. The first kappa shape index (κ1) is 14.4. The molecule has 0 spiro atoms. The molecule has 17 heavy (non-hydrogen) atoms. The lowest BCUT2D eigenvalue weighted by Crippen LogP contribution is -2.40. The number of amides is 1. The van der Waals surface area contributed by atoms with Gasteiger partial charge in [0.15, 0.2) is 0 Å².